The van der Waals surface area contributed by atoms with Crippen LogP contribution in [0.3, 0.4) is 0 Å². The summed E-state index contributed by atoms with van der Waals surface area (Å²) in [4.78, 5) is 12.4. The van der Waals surface area contributed by atoms with Gasteiger partial charge in [0.15, 0.2) is 11.0 Å². The van der Waals surface area contributed by atoms with E-state index in [1.165, 1.54) is 11.8 Å². The molecule has 1 heterocycles. The van der Waals surface area contributed by atoms with Gasteiger partial charge in [-0.15, -0.1) is 10.2 Å². The van der Waals surface area contributed by atoms with Crippen LogP contribution in [0.5, 0.6) is 5.75 Å². The summed E-state index contributed by atoms with van der Waals surface area (Å²) >= 11 is 1.36. The van der Waals surface area contributed by atoms with Crippen LogP contribution in [0.4, 0.5) is 0 Å². The Balaban J connectivity index is 1.52. The van der Waals surface area contributed by atoms with E-state index < -0.39 is 0 Å². The number of hydrogen-bond donors (Lipinski definition) is 1. The molecule has 4 aromatic rings. The first-order valence-electron chi connectivity index (χ1n) is 10.4. The molecule has 32 heavy (non-hydrogen) atoms. The molecule has 0 atom stereocenters. The molecule has 0 radical (unpaired) electrons. The average molecular weight is 445 g/mol. The van der Waals surface area contributed by atoms with Crippen molar-refractivity contribution in [3.63, 3.8) is 0 Å². The van der Waals surface area contributed by atoms with E-state index in [9.17, 15) is 4.79 Å². The smallest absolute Gasteiger partial charge is 0.230 e. The number of carbonyl (C=O) groups is 1. The van der Waals surface area contributed by atoms with Crippen LogP contribution in [0.2, 0.25) is 0 Å². The highest BCUT2D eigenvalue weighted by atomic mass is 32.2. The van der Waals surface area contributed by atoms with E-state index in [-0.39, 0.29) is 11.7 Å². The van der Waals surface area contributed by atoms with E-state index in [0.717, 1.165) is 22.6 Å². The number of carbonyl (C=O) groups excluding carboxylic acids is 1. The fourth-order valence-electron chi connectivity index (χ4n) is 3.20. The van der Waals surface area contributed by atoms with Gasteiger partial charge in [0, 0.05) is 17.8 Å². The molecule has 0 bridgehead atoms. The van der Waals surface area contributed by atoms with Gasteiger partial charge in [0.2, 0.25) is 5.91 Å². The maximum atomic E-state index is 12.4. The Hall–Kier alpha value is -3.58. The third-order valence-electron chi connectivity index (χ3n) is 4.74. The first-order valence-corrected chi connectivity index (χ1v) is 11.4. The van der Waals surface area contributed by atoms with Crippen LogP contribution in [0.25, 0.3) is 17.1 Å². The molecule has 0 fully saturated rings. The van der Waals surface area contributed by atoms with Crippen molar-refractivity contribution in [1.82, 2.24) is 20.1 Å². The van der Waals surface area contributed by atoms with Crippen molar-refractivity contribution in [1.29, 1.82) is 0 Å². The third-order valence-corrected chi connectivity index (χ3v) is 5.67. The van der Waals surface area contributed by atoms with E-state index in [4.69, 9.17) is 4.74 Å². The molecule has 1 aromatic heterocycles. The fourth-order valence-corrected chi connectivity index (χ4v) is 3.99. The van der Waals surface area contributed by atoms with E-state index in [1.807, 2.05) is 96.4 Å². The molecule has 0 spiro atoms. The fraction of sp³-hybridized carbons (Fsp3) is 0.160. The van der Waals surface area contributed by atoms with Crippen molar-refractivity contribution in [2.24, 2.45) is 0 Å². The van der Waals surface area contributed by atoms with Crippen LogP contribution in [0, 0.1) is 0 Å². The summed E-state index contributed by atoms with van der Waals surface area (Å²) in [6.45, 7) is 3.08. The predicted molar refractivity (Wildman–Crippen MR) is 127 cm³/mol. The van der Waals surface area contributed by atoms with Crippen molar-refractivity contribution in [2.75, 3.05) is 12.4 Å². The first kappa shape index (κ1) is 21.6. The molecule has 162 valence electrons. The largest absolute Gasteiger partial charge is 0.494 e. The van der Waals surface area contributed by atoms with Gasteiger partial charge in [-0.1, -0.05) is 60.3 Å². The normalized spacial score (nSPS) is 10.7. The van der Waals surface area contributed by atoms with Gasteiger partial charge >= 0.3 is 0 Å². The van der Waals surface area contributed by atoms with E-state index in [0.29, 0.717) is 24.1 Å². The van der Waals surface area contributed by atoms with E-state index in [2.05, 4.69) is 15.5 Å². The van der Waals surface area contributed by atoms with Gasteiger partial charge in [-0.2, -0.15) is 0 Å². The highest BCUT2D eigenvalue weighted by Crippen LogP contribution is 2.29. The minimum atomic E-state index is -0.0518. The molecule has 0 aliphatic carbocycles. The SMILES string of the molecule is CCOc1ccc(-c2nnc(SCC(=O)NCc3ccccc3)n2-c2ccccc2)cc1. The zero-order chi connectivity index (χ0) is 22.2. The van der Waals surface area contributed by atoms with Crippen molar-refractivity contribution in [3.05, 3.63) is 90.5 Å². The molecule has 4 rings (SSSR count). The molecule has 0 saturated heterocycles. The van der Waals surface area contributed by atoms with Crippen LogP contribution in [-0.2, 0) is 11.3 Å². The van der Waals surface area contributed by atoms with Gasteiger partial charge in [-0.05, 0) is 48.9 Å². The number of aromatic nitrogens is 3. The monoisotopic (exact) mass is 444 g/mol. The molecular formula is C25H24N4O2S. The number of amides is 1. The second kappa shape index (κ2) is 10.6. The maximum Gasteiger partial charge on any atom is 0.230 e. The Morgan fingerprint density at radius 2 is 1.62 bits per heavy atom. The molecule has 0 aliphatic rings. The van der Waals surface area contributed by atoms with Gasteiger partial charge in [-0.25, -0.2) is 0 Å². The molecule has 7 heteroatoms. The zero-order valence-electron chi connectivity index (χ0n) is 17.8. The molecule has 0 aliphatic heterocycles. The number of nitrogens with zero attached hydrogens (tertiary/aromatic N) is 3. The summed E-state index contributed by atoms with van der Waals surface area (Å²) in [6.07, 6.45) is 0. The van der Waals surface area contributed by atoms with Crippen LogP contribution >= 0.6 is 11.8 Å². The average Bonchev–Trinajstić information content (AvgIpc) is 3.27. The highest BCUT2D eigenvalue weighted by Gasteiger charge is 2.17. The quantitative estimate of drug-likeness (QED) is 0.378. The lowest BCUT2D eigenvalue weighted by molar-refractivity contribution is -0.118. The summed E-state index contributed by atoms with van der Waals surface area (Å²) in [5.74, 6) is 1.73. The molecule has 6 nitrogen and oxygen atoms in total. The van der Waals surface area contributed by atoms with Crippen LogP contribution in [-0.4, -0.2) is 33.0 Å². The predicted octanol–water partition coefficient (Wildman–Crippen LogP) is 4.74. The molecule has 0 saturated carbocycles. The molecule has 3 aromatic carbocycles. The highest BCUT2D eigenvalue weighted by molar-refractivity contribution is 7.99. The van der Waals surface area contributed by atoms with Gasteiger partial charge in [0.1, 0.15) is 5.75 Å². The summed E-state index contributed by atoms with van der Waals surface area (Å²) < 4.78 is 7.52. The number of benzene rings is 3. The third kappa shape index (κ3) is 5.36. The number of ether oxygens (including phenoxy) is 1. The molecular weight excluding hydrogens is 420 g/mol. The topological polar surface area (TPSA) is 69.0 Å². The minimum Gasteiger partial charge on any atom is -0.494 e. The lowest BCUT2D eigenvalue weighted by Crippen LogP contribution is -2.24. The van der Waals surface area contributed by atoms with Gasteiger partial charge in [0.05, 0.1) is 12.4 Å². The Morgan fingerprint density at radius 3 is 2.31 bits per heavy atom. The van der Waals surface area contributed by atoms with E-state index in [1.54, 1.807) is 0 Å². The second-order valence-electron chi connectivity index (χ2n) is 6.99. The molecule has 1 amide bonds. The van der Waals surface area contributed by atoms with Gasteiger partial charge in [0.25, 0.3) is 0 Å². The minimum absolute atomic E-state index is 0.0518. The summed E-state index contributed by atoms with van der Waals surface area (Å²) in [7, 11) is 0. The number of rotatable bonds is 9. The zero-order valence-corrected chi connectivity index (χ0v) is 18.6. The lowest BCUT2D eigenvalue weighted by atomic mass is 10.2. The second-order valence-corrected chi connectivity index (χ2v) is 7.93. The Bertz CT molecular complexity index is 1150. The number of hydrogen-bond acceptors (Lipinski definition) is 5. The van der Waals surface area contributed by atoms with Crippen LogP contribution < -0.4 is 10.1 Å². The number of para-hydroxylation sites is 1. The number of thioether (sulfide) groups is 1. The van der Waals surface area contributed by atoms with Crippen LogP contribution in [0.1, 0.15) is 12.5 Å². The Labute approximate surface area is 191 Å². The molecule has 1 N–H and O–H groups in total. The molecule has 0 unspecified atom stereocenters. The summed E-state index contributed by atoms with van der Waals surface area (Å²) in [6, 6.07) is 27.5. The van der Waals surface area contributed by atoms with Crippen LogP contribution in [0.15, 0.2) is 90.1 Å². The van der Waals surface area contributed by atoms with Crippen molar-refractivity contribution in [3.8, 4) is 22.8 Å². The van der Waals surface area contributed by atoms with Gasteiger partial charge < -0.3 is 10.1 Å². The van der Waals surface area contributed by atoms with E-state index >= 15 is 0 Å². The van der Waals surface area contributed by atoms with Crippen molar-refractivity contribution in [2.45, 2.75) is 18.6 Å². The lowest BCUT2D eigenvalue weighted by Gasteiger charge is -2.11. The Morgan fingerprint density at radius 1 is 0.938 bits per heavy atom. The summed E-state index contributed by atoms with van der Waals surface area (Å²) in [5.41, 5.74) is 2.93. The summed E-state index contributed by atoms with van der Waals surface area (Å²) in [5, 5.41) is 12.4. The van der Waals surface area contributed by atoms with Crippen molar-refractivity contribution >= 4 is 17.7 Å². The number of nitrogens with one attached hydrogen (secondary N) is 1. The van der Waals surface area contributed by atoms with Gasteiger partial charge in [-0.3, -0.25) is 9.36 Å². The maximum absolute atomic E-state index is 12.4. The van der Waals surface area contributed by atoms with Crippen molar-refractivity contribution < 1.29 is 9.53 Å². The Kier molecular flexibility index (Phi) is 7.19. The standard InChI is InChI=1S/C25H24N4O2S/c1-2-31-22-15-13-20(14-16-22)24-27-28-25(29(24)21-11-7-4-8-12-21)32-18-23(30)26-17-19-9-5-3-6-10-19/h3-16H,2,17-18H2,1H3,(H,26,30). The first-order chi connectivity index (χ1) is 15.7.